The van der Waals surface area contributed by atoms with Crippen LogP contribution in [0.5, 0.6) is 0 Å². The maximum Gasteiger partial charge on any atom is 0.0643 e. The molecule has 2 nitrogen and oxygen atoms in total. The van der Waals surface area contributed by atoms with Gasteiger partial charge < -0.3 is 10.1 Å². The fraction of sp³-hybridized carbons (Fsp3) is 1.00. The molecular formula is C10H21NO. The second-order valence-corrected chi connectivity index (χ2v) is 3.80. The van der Waals surface area contributed by atoms with Crippen molar-refractivity contribution in [2.45, 2.75) is 51.6 Å². The molecule has 1 unspecified atom stereocenters. The molecule has 0 spiro atoms. The van der Waals surface area contributed by atoms with Crippen LogP contribution < -0.4 is 5.32 Å². The van der Waals surface area contributed by atoms with E-state index in [1.54, 1.807) is 0 Å². The molecule has 0 aromatic carbocycles. The van der Waals surface area contributed by atoms with E-state index in [0.29, 0.717) is 12.1 Å². The minimum atomic E-state index is 0.640. The summed E-state index contributed by atoms with van der Waals surface area (Å²) in [4.78, 5) is 0. The normalized spacial score (nSPS) is 20.5. The first-order chi connectivity index (χ1) is 5.83. The molecule has 1 fully saturated rings. The highest BCUT2D eigenvalue weighted by Crippen LogP contribution is 2.06. The highest BCUT2D eigenvalue weighted by atomic mass is 16.5. The highest BCUT2D eigenvalue weighted by molar-refractivity contribution is 4.76. The Kier molecular flexibility index (Phi) is 4.62. The molecule has 0 aliphatic carbocycles. The van der Waals surface area contributed by atoms with E-state index in [-0.39, 0.29) is 0 Å². The van der Waals surface area contributed by atoms with Gasteiger partial charge in [0.05, 0.1) is 19.3 Å². The summed E-state index contributed by atoms with van der Waals surface area (Å²) in [6, 6.07) is 1.31. The summed E-state index contributed by atoms with van der Waals surface area (Å²) in [5.74, 6) is 0. The monoisotopic (exact) mass is 171 g/mol. The molecule has 1 saturated heterocycles. The Morgan fingerprint density at radius 1 is 1.42 bits per heavy atom. The first-order valence-electron chi connectivity index (χ1n) is 5.16. The average molecular weight is 171 g/mol. The van der Waals surface area contributed by atoms with Gasteiger partial charge in [-0.3, -0.25) is 0 Å². The molecule has 1 heterocycles. The molecule has 12 heavy (non-hydrogen) atoms. The molecule has 0 aromatic heterocycles. The first-order valence-corrected chi connectivity index (χ1v) is 5.16. The van der Waals surface area contributed by atoms with E-state index >= 15 is 0 Å². The van der Waals surface area contributed by atoms with Crippen LogP contribution in [0.25, 0.3) is 0 Å². The van der Waals surface area contributed by atoms with Crippen LogP contribution in [-0.4, -0.2) is 25.3 Å². The minimum Gasteiger partial charge on any atom is -0.378 e. The molecule has 0 bridgehead atoms. The summed E-state index contributed by atoms with van der Waals surface area (Å²) in [6.45, 7) is 6.35. The number of ether oxygens (including phenoxy) is 1. The Bertz CT molecular complexity index is 112. The van der Waals surface area contributed by atoms with Gasteiger partial charge in [-0.05, 0) is 13.3 Å². The molecule has 1 rings (SSSR count). The van der Waals surface area contributed by atoms with E-state index in [4.69, 9.17) is 4.74 Å². The second kappa shape index (κ2) is 5.55. The average Bonchev–Trinajstić information content (AvgIpc) is 1.98. The van der Waals surface area contributed by atoms with Crippen molar-refractivity contribution in [3.05, 3.63) is 0 Å². The third-order valence-corrected chi connectivity index (χ3v) is 2.40. The Hall–Kier alpha value is -0.0800. The van der Waals surface area contributed by atoms with Crippen molar-refractivity contribution in [1.82, 2.24) is 5.32 Å². The molecule has 1 atom stereocenters. The van der Waals surface area contributed by atoms with E-state index in [2.05, 4.69) is 19.2 Å². The van der Waals surface area contributed by atoms with Crippen LogP contribution in [0.4, 0.5) is 0 Å². The van der Waals surface area contributed by atoms with Crippen LogP contribution in [0.3, 0.4) is 0 Å². The SMILES string of the molecule is CCCCCC(C)NC1COC1. The standard InChI is InChI=1S/C10H21NO/c1-3-4-5-6-9(2)11-10-7-12-8-10/h9-11H,3-8H2,1-2H3. The molecule has 1 aliphatic heterocycles. The molecule has 72 valence electrons. The van der Waals surface area contributed by atoms with Crippen molar-refractivity contribution in [1.29, 1.82) is 0 Å². The number of hydrogen-bond acceptors (Lipinski definition) is 2. The number of rotatable bonds is 6. The van der Waals surface area contributed by atoms with E-state index in [1.165, 1.54) is 25.7 Å². The highest BCUT2D eigenvalue weighted by Gasteiger charge is 2.19. The first kappa shape index (κ1) is 10.0. The summed E-state index contributed by atoms with van der Waals surface area (Å²) in [7, 11) is 0. The Morgan fingerprint density at radius 2 is 2.17 bits per heavy atom. The lowest BCUT2D eigenvalue weighted by Gasteiger charge is -2.30. The molecule has 0 radical (unpaired) electrons. The van der Waals surface area contributed by atoms with Gasteiger partial charge in [0.2, 0.25) is 0 Å². The van der Waals surface area contributed by atoms with Crippen molar-refractivity contribution in [2.75, 3.05) is 13.2 Å². The van der Waals surface area contributed by atoms with Crippen LogP contribution in [0.1, 0.15) is 39.5 Å². The van der Waals surface area contributed by atoms with Crippen molar-refractivity contribution in [3.8, 4) is 0 Å². The smallest absolute Gasteiger partial charge is 0.0643 e. The van der Waals surface area contributed by atoms with Crippen molar-refractivity contribution in [3.63, 3.8) is 0 Å². The molecule has 2 heteroatoms. The van der Waals surface area contributed by atoms with Gasteiger partial charge in [0.1, 0.15) is 0 Å². The van der Waals surface area contributed by atoms with Gasteiger partial charge in [0.15, 0.2) is 0 Å². The molecule has 1 N–H and O–H groups in total. The third kappa shape index (κ3) is 3.55. The van der Waals surface area contributed by atoms with E-state index in [9.17, 15) is 0 Å². The van der Waals surface area contributed by atoms with Gasteiger partial charge in [-0.1, -0.05) is 26.2 Å². The van der Waals surface area contributed by atoms with Gasteiger partial charge in [0, 0.05) is 6.04 Å². The second-order valence-electron chi connectivity index (χ2n) is 3.80. The third-order valence-electron chi connectivity index (χ3n) is 2.40. The lowest BCUT2D eigenvalue weighted by Crippen LogP contribution is -2.49. The summed E-state index contributed by atoms with van der Waals surface area (Å²) in [6.07, 6.45) is 5.36. The van der Waals surface area contributed by atoms with Gasteiger partial charge in [0.25, 0.3) is 0 Å². The zero-order chi connectivity index (χ0) is 8.81. The van der Waals surface area contributed by atoms with Crippen molar-refractivity contribution >= 4 is 0 Å². The minimum absolute atomic E-state index is 0.640. The van der Waals surface area contributed by atoms with Gasteiger partial charge in [-0.25, -0.2) is 0 Å². The zero-order valence-electron chi connectivity index (χ0n) is 8.31. The fourth-order valence-corrected chi connectivity index (χ4v) is 1.52. The summed E-state index contributed by atoms with van der Waals surface area (Å²) < 4.78 is 5.10. The maximum absolute atomic E-state index is 5.10. The maximum atomic E-state index is 5.10. The van der Waals surface area contributed by atoms with Crippen molar-refractivity contribution in [2.24, 2.45) is 0 Å². The van der Waals surface area contributed by atoms with E-state index < -0.39 is 0 Å². The summed E-state index contributed by atoms with van der Waals surface area (Å²) >= 11 is 0. The lowest BCUT2D eigenvalue weighted by molar-refractivity contribution is -0.00957. The van der Waals surface area contributed by atoms with Crippen molar-refractivity contribution < 1.29 is 4.74 Å². The molecular weight excluding hydrogens is 150 g/mol. The Balaban J connectivity index is 1.91. The largest absolute Gasteiger partial charge is 0.378 e. The van der Waals surface area contributed by atoms with Gasteiger partial charge >= 0.3 is 0 Å². The van der Waals surface area contributed by atoms with E-state index in [1.807, 2.05) is 0 Å². The van der Waals surface area contributed by atoms with Crippen LogP contribution in [0, 0.1) is 0 Å². The number of unbranched alkanes of at least 4 members (excludes halogenated alkanes) is 2. The summed E-state index contributed by atoms with van der Waals surface area (Å²) in [5, 5.41) is 3.55. The lowest BCUT2D eigenvalue weighted by atomic mass is 10.1. The Labute approximate surface area is 75.7 Å². The van der Waals surface area contributed by atoms with Crippen LogP contribution in [-0.2, 0) is 4.74 Å². The zero-order valence-corrected chi connectivity index (χ0v) is 8.31. The molecule has 0 amide bonds. The predicted molar refractivity (Wildman–Crippen MR) is 51.3 cm³/mol. The van der Waals surface area contributed by atoms with Crippen LogP contribution >= 0.6 is 0 Å². The molecule has 1 aliphatic rings. The fourth-order valence-electron chi connectivity index (χ4n) is 1.52. The van der Waals surface area contributed by atoms with E-state index in [0.717, 1.165) is 13.2 Å². The topological polar surface area (TPSA) is 21.3 Å². The van der Waals surface area contributed by atoms with Crippen LogP contribution in [0.2, 0.25) is 0 Å². The van der Waals surface area contributed by atoms with Gasteiger partial charge in [-0.15, -0.1) is 0 Å². The quantitative estimate of drug-likeness (QED) is 0.617. The van der Waals surface area contributed by atoms with Gasteiger partial charge in [-0.2, -0.15) is 0 Å². The number of nitrogens with one attached hydrogen (secondary N) is 1. The van der Waals surface area contributed by atoms with Crippen LogP contribution in [0.15, 0.2) is 0 Å². The Morgan fingerprint density at radius 3 is 2.67 bits per heavy atom. The molecule has 0 aromatic rings. The molecule has 0 saturated carbocycles. The predicted octanol–water partition coefficient (Wildman–Crippen LogP) is 1.94. The number of hydrogen-bond donors (Lipinski definition) is 1. The summed E-state index contributed by atoms with van der Waals surface area (Å²) in [5.41, 5.74) is 0.